The Balaban J connectivity index is 1.43. The fourth-order valence-electron chi connectivity index (χ4n) is 4.23. The summed E-state index contributed by atoms with van der Waals surface area (Å²) in [4.78, 5) is 71.3. The molecular formula is C25H26N6O9S2. The Hall–Kier alpha value is -4.64. The molecule has 2 aliphatic rings. The maximum Gasteiger partial charge on any atom is 0.352 e. The van der Waals surface area contributed by atoms with E-state index in [1.165, 1.54) is 44.0 Å². The molecule has 2 aliphatic heterocycles. The number of carboxylic acid groups (broad SMARTS) is 1. The standard InChI is InChI=1S/C25H26N6O9S2/c1-11(32)39-17-5-4-13(6-18(17)40-12(2)33)21(34)27-7-14-9-41-23-15(8-31(23)20(14)24(36)37)28-22(35)19(30-38-3)16-10-42-25(26)29-16/h4-6,10,15,23H,7-9H2,1-3H3,(H2,26,29)(H,27,34)(H,28,35)(H,36,37). The van der Waals surface area contributed by atoms with E-state index >= 15 is 0 Å². The van der Waals surface area contributed by atoms with Crippen LogP contribution in [0.1, 0.15) is 29.9 Å². The van der Waals surface area contributed by atoms with E-state index in [9.17, 15) is 29.1 Å². The highest BCUT2D eigenvalue weighted by Crippen LogP contribution is 2.39. The van der Waals surface area contributed by atoms with Crippen LogP contribution in [0.15, 0.2) is 40.0 Å². The van der Waals surface area contributed by atoms with Gasteiger partial charge in [-0.05, 0) is 23.8 Å². The number of thiazole rings is 1. The molecule has 2 atom stereocenters. The number of ether oxygens (including phenoxy) is 2. The fraction of sp³-hybridized carbons (Fsp3) is 0.320. The van der Waals surface area contributed by atoms with Crippen LogP contribution in [0.5, 0.6) is 11.5 Å². The second-order valence-electron chi connectivity index (χ2n) is 8.92. The Morgan fingerprint density at radius 2 is 1.88 bits per heavy atom. The van der Waals surface area contributed by atoms with Crippen molar-refractivity contribution < 1.29 is 43.4 Å². The van der Waals surface area contributed by atoms with Crippen LogP contribution in [0.4, 0.5) is 5.13 Å². The zero-order valence-corrected chi connectivity index (χ0v) is 24.2. The highest BCUT2D eigenvalue weighted by atomic mass is 32.2. The Kier molecular flexibility index (Phi) is 9.31. The molecule has 0 radical (unpaired) electrons. The van der Waals surface area contributed by atoms with Crippen LogP contribution in [0.25, 0.3) is 0 Å². The van der Waals surface area contributed by atoms with Gasteiger partial charge in [0, 0.05) is 43.6 Å². The number of rotatable bonds is 10. The number of nitrogens with one attached hydrogen (secondary N) is 2. The van der Waals surface area contributed by atoms with Gasteiger partial charge in [-0.25, -0.2) is 9.78 Å². The lowest BCUT2D eigenvalue weighted by molar-refractivity contribution is -0.136. The number of fused-ring (bicyclic) bond motifs is 1. The molecule has 3 heterocycles. The van der Waals surface area contributed by atoms with E-state index in [1.54, 1.807) is 10.3 Å². The summed E-state index contributed by atoms with van der Waals surface area (Å²) in [5.41, 5.74) is 6.48. The molecule has 5 N–H and O–H groups in total. The van der Waals surface area contributed by atoms with Gasteiger partial charge in [0.15, 0.2) is 22.3 Å². The Bertz CT molecular complexity index is 1500. The monoisotopic (exact) mass is 618 g/mol. The zero-order valence-electron chi connectivity index (χ0n) is 22.5. The molecule has 1 aromatic carbocycles. The summed E-state index contributed by atoms with van der Waals surface area (Å²) in [5, 5.41) is 20.7. The van der Waals surface area contributed by atoms with Crippen LogP contribution < -0.4 is 25.8 Å². The summed E-state index contributed by atoms with van der Waals surface area (Å²) in [6.45, 7) is 2.48. The minimum absolute atomic E-state index is 0.0319. The van der Waals surface area contributed by atoms with E-state index < -0.39 is 29.7 Å². The van der Waals surface area contributed by atoms with Gasteiger partial charge in [-0.3, -0.25) is 19.2 Å². The Labute approximate surface area is 247 Å². The lowest BCUT2D eigenvalue weighted by Gasteiger charge is -2.52. The minimum atomic E-state index is -1.17. The van der Waals surface area contributed by atoms with Gasteiger partial charge in [-0.15, -0.1) is 23.1 Å². The first kappa shape index (κ1) is 30.3. The van der Waals surface area contributed by atoms with Gasteiger partial charge < -0.3 is 40.7 Å². The maximum absolute atomic E-state index is 12.9. The van der Waals surface area contributed by atoms with Gasteiger partial charge in [0.05, 0.1) is 11.4 Å². The number of anilines is 1. The number of benzene rings is 1. The highest BCUT2D eigenvalue weighted by molar-refractivity contribution is 8.00. The summed E-state index contributed by atoms with van der Waals surface area (Å²) >= 11 is 2.56. The van der Waals surface area contributed by atoms with E-state index in [2.05, 4.69) is 20.8 Å². The molecular weight excluding hydrogens is 592 g/mol. The molecule has 0 spiro atoms. The molecule has 42 heavy (non-hydrogen) atoms. The van der Waals surface area contributed by atoms with E-state index in [4.69, 9.17) is 20.0 Å². The molecule has 4 rings (SSSR count). The SMILES string of the molecule is CON=C(C(=O)NC1CN2C(C(=O)O)=C(CNC(=O)c3ccc(OC(C)=O)c(OC(C)=O)c3)CSC12)c1csc(N)n1. The molecule has 17 heteroatoms. The molecule has 1 aromatic heterocycles. The number of aromatic nitrogens is 1. The predicted octanol–water partition coefficient (Wildman–Crippen LogP) is 0.568. The first-order chi connectivity index (χ1) is 20.0. The van der Waals surface area contributed by atoms with Crippen LogP contribution in [0.3, 0.4) is 0 Å². The molecule has 0 saturated carbocycles. The molecule has 2 unspecified atom stereocenters. The number of oxime groups is 1. The quantitative estimate of drug-likeness (QED) is 0.124. The zero-order chi connectivity index (χ0) is 30.6. The molecule has 15 nitrogen and oxygen atoms in total. The molecule has 0 bridgehead atoms. The molecule has 222 valence electrons. The number of hydrogen-bond donors (Lipinski definition) is 4. The van der Waals surface area contributed by atoms with Crippen LogP contribution in [0, 0.1) is 0 Å². The van der Waals surface area contributed by atoms with Gasteiger partial charge in [0.1, 0.15) is 18.5 Å². The average molecular weight is 619 g/mol. The highest BCUT2D eigenvalue weighted by Gasteiger charge is 2.47. The van der Waals surface area contributed by atoms with Gasteiger partial charge in [0.2, 0.25) is 0 Å². The lowest BCUT2D eigenvalue weighted by Crippen LogP contribution is -2.67. The largest absolute Gasteiger partial charge is 0.477 e. The van der Waals surface area contributed by atoms with Gasteiger partial charge >= 0.3 is 17.9 Å². The van der Waals surface area contributed by atoms with Crippen molar-refractivity contribution >= 4 is 63.7 Å². The smallest absolute Gasteiger partial charge is 0.352 e. The molecule has 0 aliphatic carbocycles. The number of carbonyl (C=O) groups excluding carboxylic acids is 4. The molecule has 1 saturated heterocycles. The van der Waals surface area contributed by atoms with Crippen molar-refractivity contribution in [1.29, 1.82) is 0 Å². The maximum atomic E-state index is 12.9. The van der Waals surface area contributed by atoms with Crippen molar-refractivity contribution in [2.45, 2.75) is 25.3 Å². The second-order valence-corrected chi connectivity index (χ2v) is 10.9. The summed E-state index contributed by atoms with van der Waals surface area (Å²) in [5.74, 6) is -3.46. The number of nitrogens with zero attached hydrogens (tertiary/aromatic N) is 3. The number of hydrogen-bond acceptors (Lipinski definition) is 14. The third-order valence-corrected chi connectivity index (χ3v) is 8.07. The summed E-state index contributed by atoms with van der Waals surface area (Å²) in [7, 11) is 1.30. The van der Waals surface area contributed by atoms with Crippen molar-refractivity contribution in [2.75, 3.05) is 31.7 Å². The number of amides is 2. The lowest BCUT2D eigenvalue weighted by atomic mass is 10.0. The first-order valence-electron chi connectivity index (χ1n) is 12.2. The number of nitrogens with two attached hydrogens (primary N) is 1. The molecule has 1 fully saturated rings. The van der Waals surface area contributed by atoms with E-state index in [0.717, 1.165) is 18.3 Å². The number of carbonyl (C=O) groups is 5. The second kappa shape index (κ2) is 12.9. The van der Waals surface area contributed by atoms with E-state index in [1.807, 2.05) is 0 Å². The van der Waals surface area contributed by atoms with Crippen LogP contribution in [0.2, 0.25) is 0 Å². The predicted molar refractivity (Wildman–Crippen MR) is 151 cm³/mol. The van der Waals surface area contributed by atoms with Crippen molar-refractivity contribution in [2.24, 2.45) is 5.16 Å². The number of nitrogen functional groups attached to an aromatic ring is 1. The van der Waals surface area contributed by atoms with Crippen molar-refractivity contribution in [3.05, 3.63) is 46.1 Å². The van der Waals surface area contributed by atoms with Crippen LogP contribution in [-0.4, -0.2) is 87.8 Å². The first-order valence-corrected chi connectivity index (χ1v) is 14.2. The van der Waals surface area contributed by atoms with Crippen LogP contribution in [-0.2, 0) is 24.0 Å². The number of esters is 2. The minimum Gasteiger partial charge on any atom is -0.477 e. The summed E-state index contributed by atoms with van der Waals surface area (Å²) in [6.07, 6.45) is 0. The topological polar surface area (TPSA) is 212 Å². The summed E-state index contributed by atoms with van der Waals surface area (Å²) in [6, 6.07) is 3.55. The summed E-state index contributed by atoms with van der Waals surface area (Å²) < 4.78 is 10.1. The Morgan fingerprint density at radius 1 is 1.17 bits per heavy atom. The van der Waals surface area contributed by atoms with Gasteiger partial charge in [-0.2, -0.15) is 0 Å². The third kappa shape index (κ3) is 6.80. The van der Waals surface area contributed by atoms with Gasteiger partial charge in [0.25, 0.3) is 11.8 Å². The molecule has 2 amide bonds. The van der Waals surface area contributed by atoms with Crippen molar-refractivity contribution in [3.8, 4) is 11.5 Å². The van der Waals surface area contributed by atoms with Crippen molar-refractivity contribution in [1.82, 2.24) is 20.5 Å². The van der Waals surface area contributed by atoms with Crippen molar-refractivity contribution in [3.63, 3.8) is 0 Å². The third-order valence-electron chi connectivity index (χ3n) is 5.95. The van der Waals surface area contributed by atoms with Crippen LogP contribution >= 0.6 is 23.1 Å². The number of aliphatic carboxylic acids is 1. The normalized spacial score (nSPS) is 17.9. The van der Waals surface area contributed by atoms with Gasteiger partial charge in [-0.1, -0.05) is 5.16 Å². The van der Waals surface area contributed by atoms with E-state index in [0.29, 0.717) is 5.57 Å². The average Bonchev–Trinajstić information content (AvgIpc) is 3.34. The molecule has 2 aromatic rings. The number of thioether (sulfide) groups is 1. The Morgan fingerprint density at radius 3 is 2.50 bits per heavy atom. The van der Waals surface area contributed by atoms with E-state index in [-0.39, 0.29) is 69.6 Å². The number of carboxylic acids is 1. The fourth-order valence-corrected chi connectivity index (χ4v) is 6.15.